The fourth-order valence-electron chi connectivity index (χ4n) is 8.62. The monoisotopic (exact) mass is 808 g/mol. The van der Waals surface area contributed by atoms with E-state index < -0.39 is 5.60 Å². The Labute approximate surface area is 346 Å². The summed E-state index contributed by atoms with van der Waals surface area (Å²) in [6, 6.07) is 5.31. The molecular formula is C44H69N7O7. The van der Waals surface area contributed by atoms with E-state index in [1.54, 1.807) is 42.3 Å². The van der Waals surface area contributed by atoms with Gasteiger partial charge in [0.15, 0.2) is 5.82 Å². The molecule has 1 aromatic heterocycles. The van der Waals surface area contributed by atoms with E-state index in [2.05, 4.69) is 48.2 Å². The van der Waals surface area contributed by atoms with Crippen LogP contribution in [-0.2, 0) is 19.0 Å². The summed E-state index contributed by atoms with van der Waals surface area (Å²) in [5.74, 6) is 1.54. The molecule has 1 aromatic carbocycles. The maximum Gasteiger partial charge on any atom is 0.410 e. The van der Waals surface area contributed by atoms with Crippen LogP contribution in [0.25, 0.3) is 0 Å². The Hall–Kier alpha value is -4.17. The third kappa shape index (κ3) is 12.0. The number of carbonyl (C=O) groups excluding carboxylic acids is 3. The first-order valence-electron chi connectivity index (χ1n) is 21.2. The normalized spacial score (nSPS) is 18.3. The summed E-state index contributed by atoms with van der Waals surface area (Å²) in [4.78, 5) is 54.2. The molecule has 1 atom stereocenters. The zero-order valence-corrected chi connectivity index (χ0v) is 36.7. The van der Waals surface area contributed by atoms with E-state index in [0.29, 0.717) is 74.5 Å². The molecule has 58 heavy (non-hydrogen) atoms. The number of aromatic nitrogens is 2. The molecule has 2 aromatic rings. The zero-order chi connectivity index (χ0) is 42.3. The Morgan fingerprint density at radius 3 is 2.33 bits per heavy atom. The van der Waals surface area contributed by atoms with E-state index in [1.807, 2.05) is 33.8 Å². The molecule has 0 radical (unpaired) electrons. The van der Waals surface area contributed by atoms with E-state index in [9.17, 15) is 14.4 Å². The van der Waals surface area contributed by atoms with Crippen molar-refractivity contribution in [3.63, 3.8) is 0 Å². The topological polar surface area (TPSA) is 148 Å². The Balaban J connectivity index is 1.07. The second-order valence-corrected chi connectivity index (χ2v) is 18.7. The number of nitrogens with one attached hydrogen (secondary N) is 2. The molecule has 3 aliphatic rings. The number of methoxy groups -OCH3 is 1. The predicted octanol–water partition coefficient (Wildman–Crippen LogP) is 7.73. The van der Waals surface area contributed by atoms with Gasteiger partial charge in [0.2, 0.25) is 11.9 Å². The smallest absolute Gasteiger partial charge is 0.410 e. The van der Waals surface area contributed by atoms with Crippen molar-refractivity contribution in [2.45, 2.75) is 137 Å². The van der Waals surface area contributed by atoms with Gasteiger partial charge in [-0.15, -0.1) is 0 Å². The number of carbonyl (C=O) groups is 3. The Bertz CT molecular complexity index is 1710. The van der Waals surface area contributed by atoms with E-state index >= 15 is 0 Å². The largest absolute Gasteiger partial charge is 0.495 e. The van der Waals surface area contributed by atoms with Gasteiger partial charge in [-0.2, -0.15) is 4.98 Å². The van der Waals surface area contributed by atoms with Gasteiger partial charge in [0, 0.05) is 51.5 Å². The first kappa shape index (κ1) is 44.9. The van der Waals surface area contributed by atoms with Crippen molar-refractivity contribution in [1.82, 2.24) is 20.2 Å². The molecule has 1 saturated carbocycles. The minimum atomic E-state index is -0.491. The van der Waals surface area contributed by atoms with Crippen molar-refractivity contribution in [3.05, 3.63) is 30.0 Å². The fraction of sp³-hybridized carbons (Fsp3) is 0.705. The van der Waals surface area contributed by atoms with Gasteiger partial charge in [0.25, 0.3) is 5.91 Å². The molecule has 2 aliphatic heterocycles. The molecule has 5 rings (SSSR count). The van der Waals surface area contributed by atoms with Gasteiger partial charge < -0.3 is 44.3 Å². The summed E-state index contributed by atoms with van der Waals surface area (Å²) in [5.41, 5.74) is 1.05. The SMILES string of the molecule is CCC1C(=O)N(C)c2cnc(Nc3ccc(C(=O)NCC(C)(C)CC(C)(C)COCCCOC4CCN(C(=O)OC(C)(C)C)CC4)cc3OC)nc2N1C1CCCC1. The van der Waals surface area contributed by atoms with Crippen molar-refractivity contribution < 1.29 is 33.3 Å². The first-order valence-corrected chi connectivity index (χ1v) is 21.2. The molecule has 14 nitrogen and oxygen atoms in total. The summed E-state index contributed by atoms with van der Waals surface area (Å²) in [7, 11) is 3.36. The molecule has 3 heterocycles. The van der Waals surface area contributed by atoms with Crippen LogP contribution in [0, 0.1) is 10.8 Å². The van der Waals surface area contributed by atoms with Crippen LogP contribution in [0.4, 0.5) is 27.9 Å². The van der Waals surface area contributed by atoms with E-state index in [4.69, 9.17) is 23.9 Å². The first-order chi connectivity index (χ1) is 27.4. The van der Waals surface area contributed by atoms with Crippen LogP contribution in [0.5, 0.6) is 5.75 Å². The van der Waals surface area contributed by atoms with Crippen LogP contribution in [-0.4, -0.2) is 110 Å². The highest BCUT2D eigenvalue weighted by molar-refractivity contribution is 6.04. The molecule has 0 spiro atoms. The highest BCUT2D eigenvalue weighted by Crippen LogP contribution is 2.40. The van der Waals surface area contributed by atoms with Crippen LogP contribution >= 0.6 is 0 Å². The summed E-state index contributed by atoms with van der Waals surface area (Å²) in [6.07, 6.45) is 9.95. The minimum absolute atomic E-state index is 0.0728. The van der Waals surface area contributed by atoms with Gasteiger partial charge in [-0.25, -0.2) is 9.78 Å². The van der Waals surface area contributed by atoms with Crippen LogP contribution in [0.3, 0.4) is 0 Å². The Morgan fingerprint density at radius 1 is 0.966 bits per heavy atom. The number of likely N-dealkylation sites (N-methyl/N-ethyl adjacent to an activating group) is 1. The maximum atomic E-state index is 13.4. The lowest BCUT2D eigenvalue weighted by Crippen LogP contribution is -2.55. The van der Waals surface area contributed by atoms with Crippen molar-refractivity contribution >= 4 is 41.0 Å². The Kier molecular flexibility index (Phi) is 14.9. The number of piperidine rings is 1. The fourth-order valence-corrected chi connectivity index (χ4v) is 8.62. The van der Waals surface area contributed by atoms with Gasteiger partial charge in [-0.1, -0.05) is 47.5 Å². The highest BCUT2D eigenvalue weighted by atomic mass is 16.6. The molecule has 2 fully saturated rings. The Morgan fingerprint density at radius 2 is 1.67 bits per heavy atom. The molecule has 1 unspecified atom stereocenters. The van der Waals surface area contributed by atoms with Crippen molar-refractivity contribution in [2.75, 3.05) is 68.7 Å². The van der Waals surface area contributed by atoms with Crippen molar-refractivity contribution in [1.29, 1.82) is 0 Å². The van der Waals surface area contributed by atoms with Crippen molar-refractivity contribution in [3.8, 4) is 5.75 Å². The number of fused-ring (bicyclic) bond motifs is 1. The maximum absolute atomic E-state index is 13.4. The second-order valence-electron chi connectivity index (χ2n) is 18.7. The molecule has 1 saturated heterocycles. The summed E-state index contributed by atoms with van der Waals surface area (Å²) < 4.78 is 23.4. The van der Waals surface area contributed by atoms with E-state index in [-0.39, 0.29) is 46.9 Å². The number of rotatable bonds is 17. The molecule has 0 bridgehead atoms. The third-order valence-electron chi connectivity index (χ3n) is 11.2. The average Bonchev–Trinajstić information content (AvgIpc) is 3.70. The number of amides is 3. The van der Waals surface area contributed by atoms with E-state index in [1.165, 1.54) is 0 Å². The van der Waals surface area contributed by atoms with Gasteiger partial charge in [0.05, 0.1) is 31.7 Å². The number of hydrogen-bond acceptors (Lipinski definition) is 11. The zero-order valence-electron chi connectivity index (χ0n) is 36.7. The molecule has 322 valence electrons. The number of ether oxygens (including phenoxy) is 4. The summed E-state index contributed by atoms with van der Waals surface area (Å²) in [5, 5.41) is 6.44. The second kappa shape index (κ2) is 19.3. The van der Waals surface area contributed by atoms with Crippen LogP contribution < -0.4 is 25.2 Å². The molecule has 14 heteroatoms. The van der Waals surface area contributed by atoms with Gasteiger partial charge in [0.1, 0.15) is 23.1 Å². The quantitative estimate of drug-likeness (QED) is 0.151. The van der Waals surface area contributed by atoms with Gasteiger partial charge in [-0.05, 0) is 94.7 Å². The molecule has 2 N–H and O–H groups in total. The minimum Gasteiger partial charge on any atom is -0.495 e. The number of anilines is 4. The predicted molar refractivity (Wildman–Crippen MR) is 227 cm³/mol. The average molecular weight is 808 g/mol. The van der Waals surface area contributed by atoms with Gasteiger partial charge >= 0.3 is 6.09 Å². The number of hydrogen-bond donors (Lipinski definition) is 2. The molecule has 3 amide bonds. The van der Waals surface area contributed by atoms with Crippen LogP contribution in [0.15, 0.2) is 24.4 Å². The van der Waals surface area contributed by atoms with Crippen molar-refractivity contribution in [2.24, 2.45) is 10.8 Å². The molecule has 1 aliphatic carbocycles. The lowest BCUT2D eigenvalue weighted by molar-refractivity contribution is -0.120. The number of likely N-dealkylation sites (tertiary alicyclic amines) is 1. The van der Waals surface area contributed by atoms with E-state index in [0.717, 1.165) is 57.2 Å². The van der Waals surface area contributed by atoms with Gasteiger partial charge in [-0.3, -0.25) is 9.59 Å². The third-order valence-corrected chi connectivity index (χ3v) is 11.2. The number of nitrogens with zero attached hydrogens (tertiary/aromatic N) is 5. The standard InChI is InChI=1S/C44H69N7O7/c1-11-34-39(53)49(9)35-26-45-40(48-37(35)51(34)31-15-12-13-16-31)47-33-18-17-30(25-36(33)55-10)38(52)46-28-43(5,6)27-44(7,8)29-56-23-14-24-57-32-19-21-50(22-20-32)41(54)58-42(2,3)4/h17-18,25-26,31-32,34H,11-16,19-24,27-29H2,1-10H3,(H,46,52)(H,45,47,48). The van der Waals surface area contributed by atoms with Crippen LogP contribution in [0.2, 0.25) is 0 Å². The highest BCUT2D eigenvalue weighted by Gasteiger charge is 2.41. The summed E-state index contributed by atoms with van der Waals surface area (Å²) in [6.45, 7) is 20.0. The lowest BCUT2D eigenvalue weighted by atomic mass is 9.75. The lowest BCUT2D eigenvalue weighted by Gasteiger charge is -2.43. The molecular weight excluding hydrogens is 739 g/mol. The number of benzene rings is 1. The van der Waals surface area contributed by atoms with Crippen LogP contribution in [0.1, 0.15) is 124 Å². The summed E-state index contributed by atoms with van der Waals surface area (Å²) >= 11 is 0.